The van der Waals surface area contributed by atoms with Crippen LogP contribution in [0.3, 0.4) is 0 Å². The average Bonchev–Trinajstić information content (AvgIpc) is 3.18. The van der Waals surface area contributed by atoms with Crippen molar-refractivity contribution >= 4 is 5.91 Å². The first kappa shape index (κ1) is 14.6. The molecule has 0 fully saturated rings. The highest BCUT2D eigenvalue weighted by Crippen LogP contribution is 2.30. The molecule has 0 aliphatic carbocycles. The number of hydrogen-bond donors (Lipinski definition) is 0. The quantitative estimate of drug-likeness (QED) is 0.725. The molecule has 3 aromatic rings. The van der Waals surface area contributed by atoms with E-state index in [0.29, 0.717) is 30.1 Å². The van der Waals surface area contributed by atoms with Crippen molar-refractivity contribution < 1.29 is 9.32 Å². The van der Waals surface area contributed by atoms with Crippen molar-refractivity contribution in [1.82, 2.24) is 15.0 Å². The number of carbonyl (C=O) groups excluding carboxylic acids is 1. The number of fused-ring (bicyclic) bond motifs is 1. The fourth-order valence-corrected chi connectivity index (χ4v) is 3.12. The molecule has 1 aromatic carbocycles. The highest BCUT2D eigenvalue weighted by Gasteiger charge is 2.30. The van der Waals surface area contributed by atoms with Crippen LogP contribution in [0.2, 0.25) is 0 Å². The Morgan fingerprint density at radius 2 is 1.88 bits per heavy atom. The first-order valence-electron chi connectivity index (χ1n) is 7.89. The maximum Gasteiger partial charge on any atom is 0.260 e. The lowest BCUT2D eigenvalue weighted by Crippen LogP contribution is -2.26. The molecule has 120 valence electrons. The molecule has 0 unspecified atom stereocenters. The lowest BCUT2D eigenvalue weighted by atomic mass is 10.1. The van der Waals surface area contributed by atoms with Gasteiger partial charge in [0.15, 0.2) is 0 Å². The number of benzene rings is 1. The first-order valence-corrected chi connectivity index (χ1v) is 7.89. The van der Waals surface area contributed by atoms with Gasteiger partial charge in [-0.05, 0) is 31.0 Å². The van der Waals surface area contributed by atoms with E-state index < -0.39 is 0 Å². The topological polar surface area (TPSA) is 59.2 Å². The zero-order chi connectivity index (χ0) is 16.7. The number of nitrogens with zero attached hydrogens (tertiary/aromatic N) is 3. The van der Waals surface area contributed by atoms with Crippen molar-refractivity contribution in [3.63, 3.8) is 0 Å². The molecule has 24 heavy (non-hydrogen) atoms. The van der Waals surface area contributed by atoms with Gasteiger partial charge >= 0.3 is 0 Å². The Labute approximate surface area is 139 Å². The van der Waals surface area contributed by atoms with E-state index in [9.17, 15) is 4.79 Å². The molecular formula is C19H17N3O2. The van der Waals surface area contributed by atoms with E-state index in [1.165, 1.54) is 0 Å². The van der Waals surface area contributed by atoms with Gasteiger partial charge in [-0.3, -0.25) is 9.78 Å². The summed E-state index contributed by atoms with van der Waals surface area (Å²) in [6.45, 7) is 4.90. The van der Waals surface area contributed by atoms with Crippen LogP contribution in [-0.2, 0) is 13.1 Å². The van der Waals surface area contributed by atoms with E-state index in [1.54, 1.807) is 6.92 Å². The van der Waals surface area contributed by atoms with Gasteiger partial charge in [-0.25, -0.2) is 0 Å². The second-order valence-corrected chi connectivity index (χ2v) is 6.08. The largest absolute Gasteiger partial charge is 0.360 e. The fraction of sp³-hybridized carbons (Fsp3) is 0.211. The van der Waals surface area contributed by atoms with Gasteiger partial charge in [0.25, 0.3) is 5.91 Å². The van der Waals surface area contributed by atoms with Crippen LogP contribution in [0.4, 0.5) is 0 Å². The van der Waals surface area contributed by atoms with E-state index in [2.05, 4.69) is 10.1 Å². The number of rotatable bonds is 2. The molecule has 0 radical (unpaired) electrons. The molecule has 1 aliphatic heterocycles. The standard InChI is InChI=1S/C19H17N3O2/c1-12-8-15-10-22(11-16(15)9-20-12)19(23)17-13(2)24-21-18(17)14-6-4-3-5-7-14/h3-9H,10-11H2,1-2H3. The zero-order valence-electron chi connectivity index (χ0n) is 13.6. The summed E-state index contributed by atoms with van der Waals surface area (Å²) in [4.78, 5) is 19.2. The number of carbonyl (C=O) groups is 1. The third-order valence-electron chi connectivity index (χ3n) is 4.35. The lowest BCUT2D eigenvalue weighted by molar-refractivity contribution is 0.0750. The van der Waals surface area contributed by atoms with Gasteiger partial charge in [-0.2, -0.15) is 0 Å². The Morgan fingerprint density at radius 1 is 1.12 bits per heavy atom. The maximum atomic E-state index is 13.1. The molecule has 1 amide bonds. The van der Waals surface area contributed by atoms with E-state index in [4.69, 9.17) is 4.52 Å². The van der Waals surface area contributed by atoms with Crippen LogP contribution in [0, 0.1) is 13.8 Å². The monoisotopic (exact) mass is 319 g/mol. The third-order valence-corrected chi connectivity index (χ3v) is 4.35. The smallest absolute Gasteiger partial charge is 0.260 e. The summed E-state index contributed by atoms with van der Waals surface area (Å²) in [6, 6.07) is 11.7. The molecule has 0 spiro atoms. The Balaban J connectivity index is 1.68. The molecular weight excluding hydrogens is 302 g/mol. The highest BCUT2D eigenvalue weighted by atomic mass is 16.5. The van der Waals surface area contributed by atoms with Crippen LogP contribution in [0.15, 0.2) is 47.1 Å². The minimum absolute atomic E-state index is 0.0542. The van der Waals surface area contributed by atoms with Gasteiger partial charge in [-0.15, -0.1) is 0 Å². The van der Waals surface area contributed by atoms with E-state index in [-0.39, 0.29) is 5.91 Å². The Bertz CT molecular complexity index is 916. The van der Waals surface area contributed by atoms with Crippen LogP contribution in [0.25, 0.3) is 11.3 Å². The molecule has 3 heterocycles. The van der Waals surface area contributed by atoms with Crippen molar-refractivity contribution in [3.8, 4) is 11.3 Å². The second-order valence-electron chi connectivity index (χ2n) is 6.08. The summed E-state index contributed by atoms with van der Waals surface area (Å²) in [5.41, 5.74) is 5.25. The average molecular weight is 319 g/mol. The molecule has 0 N–H and O–H groups in total. The molecule has 5 heteroatoms. The SMILES string of the molecule is Cc1cc2c(cn1)CN(C(=O)c1c(-c3ccccc3)noc1C)C2. The predicted molar refractivity (Wildman–Crippen MR) is 89.2 cm³/mol. The minimum Gasteiger partial charge on any atom is -0.360 e. The van der Waals surface area contributed by atoms with Crippen molar-refractivity contribution in [2.45, 2.75) is 26.9 Å². The summed E-state index contributed by atoms with van der Waals surface area (Å²) in [5.74, 6) is 0.491. The first-order chi connectivity index (χ1) is 11.6. The Hall–Kier alpha value is -2.95. The van der Waals surface area contributed by atoms with Gasteiger partial charge in [0.1, 0.15) is 17.0 Å². The van der Waals surface area contributed by atoms with E-state index >= 15 is 0 Å². The van der Waals surface area contributed by atoms with Gasteiger partial charge in [0.05, 0.1) is 0 Å². The minimum atomic E-state index is -0.0542. The summed E-state index contributed by atoms with van der Waals surface area (Å²) in [7, 11) is 0. The molecule has 0 atom stereocenters. The van der Waals surface area contributed by atoms with Crippen LogP contribution in [0.5, 0.6) is 0 Å². The van der Waals surface area contributed by atoms with Gasteiger partial charge in [-0.1, -0.05) is 35.5 Å². The summed E-state index contributed by atoms with van der Waals surface area (Å²) < 4.78 is 5.32. The fourth-order valence-electron chi connectivity index (χ4n) is 3.12. The number of pyridine rings is 1. The number of amides is 1. The number of hydrogen-bond acceptors (Lipinski definition) is 4. The van der Waals surface area contributed by atoms with Gasteiger partial charge in [0, 0.05) is 30.5 Å². The Morgan fingerprint density at radius 3 is 2.67 bits per heavy atom. The predicted octanol–water partition coefficient (Wildman–Crippen LogP) is 3.51. The zero-order valence-corrected chi connectivity index (χ0v) is 13.6. The molecule has 2 aromatic heterocycles. The molecule has 1 aliphatic rings. The van der Waals surface area contributed by atoms with Crippen molar-refractivity contribution in [2.24, 2.45) is 0 Å². The maximum absolute atomic E-state index is 13.1. The summed E-state index contributed by atoms with van der Waals surface area (Å²) in [6.07, 6.45) is 1.86. The third kappa shape index (κ3) is 2.38. The van der Waals surface area contributed by atoms with Crippen LogP contribution in [-0.4, -0.2) is 20.9 Å². The van der Waals surface area contributed by atoms with Crippen molar-refractivity contribution in [3.05, 3.63) is 70.7 Å². The van der Waals surface area contributed by atoms with Gasteiger partial charge < -0.3 is 9.42 Å². The van der Waals surface area contributed by atoms with Gasteiger partial charge in [0.2, 0.25) is 0 Å². The van der Waals surface area contributed by atoms with Crippen molar-refractivity contribution in [2.75, 3.05) is 0 Å². The normalized spacial score (nSPS) is 13.2. The molecule has 0 saturated carbocycles. The van der Waals surface area contributed by atoms with Crippen LogP contribution < -0.4 is 0 Å². The van der Waals surface area contributed by atoms with Crippen LogP contribution in [0.1, 0.15) is 32.9 Å². The van der Waals surface area contributed by atoms with E-state index in [1.807, 2.05) is 54.4 Å². The number of aromatic nitrogens is 2. The van der Waals surface area contributed by atoms with E-state index in [0.717, 1.165) is 22.4 Å². The Kier molecular flexibility index (Phi) is 3.41. The molecule has 4 rings (SSSR count). The summed E-state index contributed by atoms with van der Waals surface area (Å²) >= 11 is 0. The van der Waals surface area contributed by atoms with Crippen molar-refractivity contribution in [1.29, 1.82) is 0 Å². The lowest BCUT2D eigenvalue weighted by Gasteiger charge is -2.15. The molecule has 0 bridgehead atoms. The van der Waals surface area contributed by atoms with Crippen LogP contribution >= 0.6 is 0 Å². The second kappa shape index (κ2) is 5.60. The number of aryl methyl sites for hydroxylation is 2. The molecule has 5 nitrogen and oxygen atoms in total. The molecule has 0 saturated heterocycles. The summed E-state index contributed by atoms with van der Waals surface area (Å²) in [5, 5.41) is 4.11. The highest BCUT2D eigenvalue weighted by molar-refractivity contribution is 6.01.